The zero-order chi connectivity index (χ0) is 22.6. The van der Waals surface area contributed by atoms with E-state index in [1.54, 1.807) is 30.3 Å². The van der Waals surface area contributed by atoms with E-state index < -0.39 is 11.7 Å². The first-order valence-corrected chi connectivity index (χ1v) is 11.5. The lowest BCUT2D eigenvalue weighted by molar-refractivity contribution is -0.137. The summed E-state index contributed by atoms with van der Waals surface area (Å²) in [5, 5.41) is 8.68. The predicted octanol–water partition coefficient (Wildman–Crippen LogP) is 5.25. The summed E-state index contributed by atoms with van der Waals surface area (Å²) < 4.78 is 42.8. The molecule has 1 saturated heterocycles. The van der Waals surface area contributed by atoms with Crippen LogP contribution in [0.2, 0.25) is 0 Å². The number of likely N-dealkylation sites (tertiary alicyclic amines) is 1. The molecule has 5 nitrogen and oxygen atoms in total. The van der Waals surface area contributed by atoms with Gasteiger partial charge in [0.25, 0.3) is 0 Å². The van der Waals surface area contributed by atoms with Crippen molar-refractivity contribution in [2.24, 2.45) is 0 Å². The van der Waals surface area contributed by atoms with Crippen molar-refractivity contribution in [3.05, 3.63) is 71.5 Å². The number of halogens is 3. The fourth-order valence-electron chi connectivity index (χ4n) is 3.80. The third-order valence-corrected chi connectivity index (χ3v) is 6.32. The number of para-hydroxylation sites is 1. The van der Waals surface area contributed by atoms with Gasteiger partial charge < -0.3 is 0 Å². The van der Waals surface area contributed by atoms with Crippen molar-refractivity contribution in [1.29, 1.82) is 0 Å². The SMILES string of the molecule is O=C(CSc1nnc(CN2CCCCC2)n1-c1ccccc1C(F)(F)F)c1ccccc1. The van der Waals surface area contributed by atoms with E-state index in [2.05, 4.69) is 15.1 Å². The summed E-state index contributed by atoms with van der Waals surface area (Å²) in [4.78, 5) is 14.7. The summed E-state index contributed by atoms with van der Waals surface area (Å²) in [5.41, 5.74) is -0.224. The first kappa shape index (κ1) is 22.5. The van der Waals surface area contributed by atoms with Crippen molar-refractivity contribution in [3.63, 3.8) is 0 Å². The maximum absolute atomic E-state index is 13.8. The van der Waals surface area contributed by atoms with E-state index in [4.69, 9.17) is 0 Å². The second kappa shape index (κ2) is 9.87. The largest absolute Gasteiger partial charge is 0.418 e. The Bertz CT molecular complexity index is 1060. The number of aromatic nitrogens is 3. The van der Waals surface area contributed by atoms with Gasteiger partial charge in [0.2, 0.25) is 0 Å². The molecule has 0 aliphatic carbocycles. The molecule has 1 aliphatic rings. The van der Waals surface area contributed by atoms with Crippen LogP contribution in [0.25, 0.3) is 5.69 Å². The van der Waals surface area contributed by atoms with Crippen LogP contribution in [-0.2, 0) is 12.7 Å². The summed E-state index contributed by atoms with van der Waals surface area (Å²) in [6.45, 7) is 2.16. The van der Waals surface area contributed by atoms with Crippen LogP contribution < -0.4 is 0 Å². The average Bonchev–Trinajstić information content (AvgIpc) is 3.20. The quantitative estimate of drug-likeness (QED) is 0.356. The van der Waals surface area contributed by atoms with Gasteiger partial charge in [-0.3, -0.25) is 14.3 Å². The Kier molecular flexibility index (Phi) is 6.95. The van der Waals surface area contributed by atoms with Crippen molar-refractivity contribution < 1.29 is 18.0 Å². The molecule has 32 heavy (non-hydrogen) atoms. The number of benzene rings is 2. The minimum atomic E-state index is -4.52. The summed E-state index contributed by atoms with van der Waals surface area (Å²) in [5.74, 6) is 0.380. The molecule has 1 aromatic heterocycles. The molecule has 3 aromatic rings. The van der Waals surface area contributed by atoms with Gasteiger partial charge in [-0.15, -0.1) is 10.2 Å². The highest BCUT2D eigenvalue weighted by Crippen LogP contribution is 2.36. The Balaban J connectivity index is 1.67. The molecule has 0 saturated carbocycles. The van der Waals surface area contributed by atoms with Gasteiger partial charge in [0, 0.05) is 5.56 Å². The van der Waals surface area contributed by atoms with Crippen molar-refractivity contribution in [3.8, 4) is 5.69 Å². The fourth-order valence-corrected chi connectivity index (χ4v) is 4.66. The van der Waals surface area contributed by atoms with Gasteiger partial charge in [0.05, 0.1) is 23.5 Å². The van der Waals surface area contributed by atoms with Crippen molar-refractivity contribution in [2.45, 2.75) is 37.1 Å². The molecule has 0 amide bonds. The molecule has 0 radical (unpaired) electrons. The first-order chi connectivity index (χ1) is 15.4. The van der Waals surface area contributed by atoms with Crippen LogP contribution >= 0.6 is 11.8 Å². The Morgan fingerprint density at radius 2 is 1.62 bits per heavy atom. The minimum Gasteiger partial charge on any atom is -0.296 e. The third kappa shape index (κ3) is 5.21. The average molecular weight is 461 g/mol. The molecule has 2 heterocycles. The van der Waals surface area contributed by atoms with Crippen molar-refractivity contribution in [2.75, 3.05) is 18.8 Å². The van der Waals surface area contributed by atoms with Gasteiger partial charge in [-0.05, 0) is 38.1 Å². The van der Waals surface area contributed by atoms with E-state index in [1.165, 1.54) is 16.7 Å². The van der Waals surface area contributed by atoms with Gasteiger partial charge in [0.15, 0.2) is 16.8 Å². The number of Topliss-reactive ketones (excluding diaryl/α,β-unsaturated/α-hetero) is 1. The fraction of sp³-hybridized carbons (Fsp3) is 0.348. The third-order valence-electron chi connectivity index (χ3n) is 5.39. The highest BCUT2D eigenvalue weighted by atomic mass is 32.2. The molecular formula is C23H23F3N4OS. The lowest BCUT2D eigenvalue weighted by Crippen LogP contribution is -2.30. The van der Waals surface area contributed by atoms with E-state index >= 15 is 0 Å². The Labute approximate surface area is 188 Å². The number of carbonyl (C=O) groups is 1. The zero-order valence-electron chi connectivity index (χ0n) is 17.4. The highest BCUT2D eigenvalue weighted by Gasteiger charge is 2.35. The number of hydrogen-bond donors (Lipinski definition) is 0. The molecule has 0 atom stereocenters. The van der Waals surface area contributed by atoms with E-state index in [1.807, 2.05) is 6.07 Å². The van der Waals surface area contributed by atoms with E-state index in [-0.39, 0.29) is 22.4 Å². The molecular weight excluding hydrogens is 437 g/mol. The summed E-state index contributed by atoms with van der Waals surface area (Å²) in [6, 6.07) is 14.2. The number of piperidine rings is 1. The van der Waals surface area contributed by atoms with Crippen LogP contribution in [0.15, 0.2) is 59.8 Å². The number of thioether (sulfide) groups is 1. The van der Waals surface area contributed by atoms with Gasteiger partial charge in [-0.2, -0.15) is 13.2 Å². The Morgan fingerprint density at radius 3 is 2.34 bits per heavy atom. The molecule has 1 fully saturated rings. The minimum absolute atomic E-state index is 0.0216. The van der Waals surface area contributed by atoms with E-state index in [9.17, 15) is 18.0 Å². The standard InChI is InChI=1S/C23H23F3N4OS/c24-23(25,26)18-11-5-6-12-19(18)30-21(15-29-13-7-2-8-14-29)27-28-22(30)32-16-20(31)17-9-3-1-4-10-17/h1,3-6,9-12H,2,7-8,13-16H2. The van der Waals surface area contributed by atoms with Gasteiger partial charge in [-0.1, -0.05) is 60.6 Å². The molecule has 0 unspecified atom stereocenters. The summed E-state index contributed by atoms with van der Waals surface area (Å²) in [6.07, 6.45) is -1.26. The molecule has 168 valence electrons. The van der Waals surface area contributed by atoms with E-state index in [0.717, 1.165) is 50.2 Å². The summed E-state index contributed by atoms with van der Waals surface area (Å²) >= 11 is 1.10. The molecule has 2 aromatic carbocycles. The van der Waals surface area contributed by atoms with Crippen LogP contribution in [0.5, 0.6) is 0 Å². The molecule has 1 aliphatic heterocycles. The number of nitrogens with zero attached hydrogens (tertiary/aromatic N) is 4. The number of hydrogen-bond acceptors (Lipinski definition) is 5. The second-order valence-corrected chi connectivity index (χ2v) is 8.61. The Morgan fingerprint density at radius 1 is 0.938 bits per heavy atom. The molecule has 9 heteroatoms. The van der Waals surface area contributed by atoms with Crippen LogP contribution in [0.4, 0.5) is 13.2 Å². The van der Waals surface area contributed by atoms with Crippen LogP contribution in [-0.4, -0.2) is 44.3 Å². The van der Waals surface area contributed by atoms with Gasteiger partial charge in [0.1, 0.15) is 0 Å². The maximum Gasteiger partial charge on any atom is 0.418 e. The van der Waals surface area contributed by atoms with Crippen LogP contribution in [0.3, 0.4) is 0 Å². The molecule has 0 bridgehead atoms. The molecule has 4 rings (SSSR count). The number of alkyl halides is 3. The van der Waals surface area contributed by atoms with Crippen molar-refractivity contribution >= 4 is 17.5 Å². The van der Waals surface area contributed by atoms with Crippen LogP contribution in [0, 0.1) is 0 Å². The maximum atomic E-state index is 13.8. The predicted molar refractivity (Wildman–Crippen MR) is 117 cm³/mol. The summed E-state index contributed by atoms with van der Waals surface area (Å²) in [7, 11) is 0. The van der Waals surface area contributed by atoms with Gasteiger partial charge >= 0.3 is 6.18 Å². The normalized spacial score (nSPS) is 15.1. The number of carbonyl (C=O) groups excluding carboxylic acids is 1. The van der Waals surface area contributed by atoms with E-state index in [0.29, 0.717) is 17.9 Å². The Hall–Kier alpha value is -2.65. The van der Waals surface area contributed by atoms with Crippen LogP contribution in [0.1, 0.15) is 41.0 Å². The zero-order valence-corrected chi connectivity index (χ0v) is 18.2. The topological polar surface area (TPSA) is 51.0 Å². The first-order valence-electron chi connectivity index (χ1n) is 10.5. The monoisotopic (exact) mass is 460 g/mol. The number of rotatable bonds is 7. The van der Waals surface area contributed by atoms with Crippen molar-refractivity contribution in [1.82, 2.24) is 19.7 Å². The molecule has 0 spiro atoms. The lowest BCUT2D eigenvalue weighted by Gasteiger charge is -2.26. The number of ketones is 1. The smallest absolute Gasteiger partial charge is 0.296 e. The molecule has 0 N–H and O–H groups in total. The second-order valence-electron chi connectivity index (χ2n) is 7.66. The highest BCUT2D eigenvalue weighted by molar-refractivity contribution is 7.99. The van der Waals surface area contributed by atoms with Gasteiger partial charge in [-0.25, -0.2) is 0 Å². The lowest BCUT2D eigenvalue weighted by atomic mass is 10.1.